The third-order valence-electron chi connectivity index (χ3n) is 5.34. The van der Waals surface area contributed by atoms with Crippen molar-refractivity contribution in [1.82, 2.24) is 14.8 Å². The standard InChI is InChI=1S/C24H26ClN3O3S/c1-3-28(4-2)24(29)20-15-32-23(26-20)14-27(12-17-5-8-19(25)9-6-17)13-18-7-10-21-22(11-18)31-16-30-21/h5-11,15H,3-4,12-14,16H2,1-2H3. The Balaban J connectivity index is 1.52. The van der Waals surface area contributed by atoms with E-state index < -0.39 is 0 Å². The summed E-state index contributed by atoms with van der Waals surface area (Å²) in [6.07, 6.45) is 0. The van der Waals surface area contributed by atoms with Crippen molar-refractivity contribution in [2.75, 3.05) is 19.9 Å². The molecule has 0 N–H and O–H groups in total. The lowest BCUT2D eigenvalue weighted by Crippen LogP contribution is -2.30. The number of benzene rings is 2. The predicted octanol–water partition coefficient (Wildman–Crippen LogP) is 5.21. The topological polar surface area (TPSA) is 54.9 Å². The van der Waals surface area contributed by atoms with E-state index in [4.69, 9.17) is 21.1 Å². The summed E-state index contributed by atoms with van der Waals surface area (Å²) in [5.74, 6) is 1.53. The molecule has 168 valence electrons. The normalized spacial score (nSPS) is 12.4. The van der Waals surface area contributed by atoms with Crippen LogP contribution in [0.2, 0.25) is 5.02 Å². The molecule has 0 saturated carbocycles. The van der Waals surface area contributed by atoms with Crippen LogP contribution in [0.3, 0.4) is 0 Å². The summed E-state index contributed by atoms with van der Waals surface area (Å²) in [7, 11) is 0. The molecule has 0 saturated heterocycles. The number of thiazole rings is 1. The minimum Gasteiger partial charge on any atom is -0.454 e. The molecule has 0 fully saturated rings. The molecule has 4 rings (SSSR count). The van der Waals surface area contributed by atoms with Crippen LogP contribution in [-0.2, 0) is 19.6 Å². The number of halogens is 1. The second kappa shape index (κ2) is 10.3. The van der Waals surface area contributed by atoms with Gasteiger partial charge in [-0.1, -0.05) is 29.8 Å². The number of aromatic nitrogens is 1. The first kappa shape index (κ1) is 22.6. The highest BCUT2D eigenvalue weighted by atomic mass is 35.5. The molecule has 2 heterocycles. The third kappa shape index (κ3) is 5.41. The molecule has 3 aromatic rings. The van der Waals surface area contributed by atoms with E-state index in [0.29, 0.717) is 31.9 Å². The van der Waals surface area contributed by atoms with Crippen molar-refractivity contribution in [3.63, 3.8) is 0 Å². The summed E-state index contributed by atoms with van der Waals surface area (Å²) in [4.78, 5) is 21.4. The summed E-state index contributed by atoms with van der Waals surface area (Å²) in [6.45, 7) is 7.64. The highest BCUT2D eigenvalue weighted by Crippen LogP contribution is 2.33. The Morgan fingerprint density at radius 1 is 1.00 bits per heavy atom. The summed E-state index contributed by atoms with van der Waals surface area (Å²) in [5.41, 5.74) is 2.80. The van der Waals surface area contributed by atoms with Gasteiger partial charge in [0.05, 0.1) is 6.54 Å². The van der Waals surface area contributed by atoms with E-state index in [0.717, 1.165) is 39.2 Å². The van der Waals surface area contributed by atoms with Gasteiger partial charge in [0.1, 0.15) is 10.7 Å². The van der Waals surface area contributed by atoms with Crippen LogP contribution in [0.4, 0.5) is 0 Å². The number of carbonyl (C=O) groups is 1. The Labute approximate surface area is 197 Å². The van der Waals surface area contributed by atoms with E-state index >= 15 is 0 Å². The van der Waals surface area contributed by atoms with E-state index in [1.807, 2.05) is 55.6 Å². The summed E-state index contributed by atoms with van der Waals surface area (Å²) in [6, 6.07) is 13.9. The first-order valence-corrected chi connectivity index (χ1v) is 11.9. The Morgan fingerprint density at radius 2 is 1.69 bits per heavy atom. The number of carbonyl (C=O) groups excluding carboxylic acids is 1. The van der Waals surface area contributed by atoms with Crippen molar-refractivity contribution < 1.29 is 14.3 Å². The average molecular weight is 472 g/mol. The van der Waals surface area contributed by atoms with Crippen LogP contribution >= 0.6 is 22.9 Å². The zero-order valence-electron chi connectivity index (χ0n) is 18.2. The summed E-state index contributed by atoms with van der Waals surface area (Å²) in [5, 5.41) is 3.49. The van der Waals surface area contributed by atoms with E-state index in [-0.39, 0.29) is 12.7 Å². The highest BCUT2D eigenvalue weighted by molar-refractivity contribution is 7.09. The van der Waals surface area contributed by atoms with Crippen LogP contribution in [0, 0.1) is 0 Å². The largest absolute Gasteiger partial charge is 0.454 e. The first-order valence-electron chi connectivity index (χ1n) is 10.6. The number of ether oxygens (including phenoxy) is 2. The zero-order chi connectivity index (χ0) is 22.5. The summed E-state index contributed by atoms with van der Waals surface area (Å²) < 4.78 is 11.0. The van der Waals surface area contributed by atoms with Gasteiger partial charge in [0.2, 0.25) is 6.79 Å². The Hall–Kier alpha value is -2.61. The van der Waals surface area contributed by atoms with Gasteiger partial charge in [-0.25, -0.2) is 4.98 Å². The molecule has 0 unspecified atom stereocenters. The predicted molar refractivity (Wildman–Crippen MR) is 126 cm³/mol. The number of nitrogens with zero attached hydrogens (tertiary/aromatic N) is 3. The van der Waals surface area contributed by atoms with Crippen LogP contribution in [0.25, 0.3) is 0 Å². The quantitative estimate of drug-likeness (QED) is 0.428. The second-order valence-electron chi connectivity index (χ2n) is 7.56. The molecule has 1 aliphatic rings. The van der Waals surface area contributed by atoms with Gasteiger partial charge >= 0.3 is 0 Å². The number of hydrogen-bond donors (Lipinski definition) is 0. The Kier molecular flexibility index (Phi) is 7.29. The SMILES string of the molecule is CCN(CC)C(=O)c1csc(CN(Cc2ccc(Cl)cc2)Cc2ccc3c(c2)OCO3)n1. The Bertz CT molecular complexity index is 1070. The second-order valence-corrected chi connectivity index (χ2v) is 8.94. The van der Waals surface area contributed by atoms with Gasteiger partial charge in [0, 0.05) is 36.6 Å². The van der Waals surface area contributed by atoms with Crippen molar-refractivity contribution in [3.8, 4) is 11.5 Å². The van der Waals surface area contributed by atoms with Gasteiger partial charge < -0.3 is 14.4 Å². The van der Waals surface area contributed by atoms with E-state index in [9.17, 15) is 4.79 Å². The maximum Gasteiger partial charge on any atom is 0.273 e. The lowest BCUT2D eigenvalue weighted by molar-refractivity contribution is 0.0767. The van der Waals surface area contributed by atoms with E-state index in [1.165, 1.54) is 11.3 Å². The van der Waals surface area contributed by atoms with Gasteiger partial charge in [0.15, 0.2) is 11.5 Å². The molecule has 8 heteroatoms. The molecule has 1 aromatic heterocycles. The molecule has 0 spiro atoms. The number of amides is 1. The smallest absolute Gasteiger partial charge is 0.273 e. The summed E-state index contributed by atoms with van der Waals surface area (Å²) >= 11 is 7.58. The third-order valence-corrected chi connectivity index (χ3v) is 6.43. The zero-order valence-corrected chi connectivity index (χ0v) is 19.8. The van der Waals surface area contributed by atoms with Crippen molar-refractivity contribution in [2.45, 2.75) is 33.5 Å². The van der Waals surface area contributed by atoms with E-state index in [1.54, 1.807) is 4.90 Å². The molecule has 1 amide bonds. The van der Waals surface area contributed by atoms with Crippen molar-refractivity contribution >= 4 is 28.8 Å². The molecule has 6 nitrogen and oxygen atoms in total. The van der Waals surface area contributed by atoms with Gasteiger partial charge in [-0.2, -0.15) is 0 Å². The van der Waals surface area contributed by atoms with Crippen molar-refractivity contribution in [1.29, 1.82) is 0 Å². The average Bonchev–Trinajstić information content (AvgIpc) is 3.45. The number of fused-ring (bicyclic) bond motifs is 1. The molecule has 0 atom stereocenters. The monoisotopic (exact) mass is 471 g/mol. The molecule has 0 aliphatic carbocycles. The van der Waals surface area contributed by atoms with E-state index in [2.05, 4.69) is 16.0 Å². The van der Waals surface area contributed by atoms with Crippen LogP contribution in [0.15, 0.2) is 47.8 Å². The number of rotatable bonds is 9. The van der Waals surface area contributed by atoms with Crippen LogP contribution in [0.5, 0.6) is 11.5 Å². The molecule has 1 aliphatic heterocycles. The maximum atomic E-state index is 12.6. The van der Waals surface area contributed by atoms with Crippen LogP contribution in [-0.4, -0.2) is 40.6 Å². The van der Waals surface area contributed by atoms with Crippen molar-refractivity contribution in [2.24, 2.45) is 0 Å². The fourth-order valence-corrected chi connectivity index (χ4v) is 4.59. The van der Waals surface area contributed by atoms with Crippen LogP contribution < -0.4 is 9.47 Å². The van der Waals surface area contributed by atoms with Crippen LogP contribution in [0.1, 0.15) is 40.5 Å². The fraction of sp³-hybridized carbons (Fsp3) is 0.333. The first-order chi connectivity index (χ1) is 15.6. The van der Waals surface area contributed by atoms with Gasteiger partial charge in [-0.05, 0) is 49.2 Å². The fourth-order valence-electron chi connectivity index (χ4n) is 3.66. The molecular formula is C24H26ClN3O3S. The van der Waals surface area contributed by atoms with Gasteiger partial charge in [0.25, 0.3) is 5.91 Å². The van der Waals surface area contributed by atoms with Crippen molar-refractivity contribution in [3.05, 3.63) is 74.7 Å². The van der Waals surface area contributed by atoms with Gasteiger partial charge in [-0.15, -0.1) is 11.3 Å². The molecular weight excluding hydrogens is 446 g/mol. The maximum absolute atomic E-state index is 12.6. The highest BCUT2D eigenvalue weighted by Gasteiger charge is 2.19. The van der Waals surface area contributed by atoms with Gasteiger partial charge in [-0.3, -0.25) is 9.69 Å². The molecule has 32 heavy (non-hydrogen) atoms. The molecule has 0 bridgehead atoms. The lowest BCUT2D eigenvalue weighted by atomic mass is 10.1. The minimum absolute atomic E-state index is 0.0162. The number of hydrogen-bond acceptors (Lipinski definition) is 6. The molecule has 2 aromatic carbocycles. The Morgan fingerprint density at radius 3 is 2.44 bits per heavy atom. The lowest BCUT2D eigenvalue weighted by Gasteiger charge is -2.22. The molecule has 0 radical (unpaired) electrons. The minimum atomic E-state index is -0.0162.